The first-order chi connectivity index (χ1) is 5.86. The van der Waals surface area contributed by atoms with Gasteiger partial charge in [0.25, 0.3) is 6.33 Å². The Kier molecular flexibility index (Phi) is 3.41. The van der Waals surface area contributed by atoms with Crippen molar-refractivity contribution >= 4 is 0 Å². The first-order valence-corrected chi connectivity index (χ1v) is 3.81. The van der Waals surface area contributed by atoms with Crippen LogP contribution in [-0.2, 0) is 7.05 Å². The van der Waals surface area contributed by atoms with Crippen LogP contribution in [0.3, 0.4) is 0 Å². The number of aromatic nitrogens is 3. The Morgan fingerprint density at radius 1 is 1.23 bits per heavy atom. The van der Waals surface area contributed by atoms with Crippen LogP contribution in [0.25, 0.3) is 5.69 Å². The average molecular weight is 287 g/mol. The second-order valence-corrected chi connectivity index (χ2v) is 2.66. The molecule has 1 heterocycles. The van der Waals surface area contributed by atoms with E-state index in [9.17, 15) is 0 Å². The van der Waals surface area contributed by atoms with Crippen molar-refractivity contribution in [3.05, 3.63) is 43.0 Å². The third-order valence-corrected chi connectivity index (χ3v) is 1.70. The molecular formula is C9H10IN3. The first-order valence-electron chi connectivity index (χ1n) is 3.81. The van der Waals surface area contributed by atoms with E-state index in [0.29, 0.717) is 0 Å². The van der Waals surface area contributed by atoms with E-state index >= 15 is 0 Å². The number of hydrogen-bond donors (Lipinski definition) is 0. The van der Waals surface area contributed by atoms with Gasteiger partial charge in [-0.25, -0.2) is 4.57 Å². The van der Waals surface area contributed by atoms with Crippen molar-refractivity contribution in [3.63, 3.8) is 0 Å². The van der Waals surface area contributed by atoms with Crippen molar-refractivity contribution in [2.75, 3.05) is 0 Å². The molecule has 0 saturated carbocycles. The minimum Gasteiger partial charge on any atom is -1.00 e. The third-order valence-electron chi connectivity index (χ3n) is 1.70. The predicted octanol–water partition coefficient (Wildman–Crippen LogP) is -2.30. The number of benzene rings is 1. The summed E-state index contributed by atoms with van der Waals surface area (Å²) in [5, 5.41) is 4.07. The maximum absolute atomic E-state index is 4.07. The second kappa shape index (κ2) is 4.36. The van der Waals surface area contributed by atoms with Gasteiger partial charge in [0, 0.05) is 5.10 Å². The SMILES string of the molecule is Cn1c[n+](-c2ccccc2)cn1.[I-]. The lowest BCUT2D eigenvalue weighted by molar-refractivity contribution is -0.596. The first kappa shape index (κ1) is 10.2. The molecule has 0 aliphatic heterocycles. The lowest BCUT2D eigenvalue weighted by Gasteiger charge is -1.92. The third kappa shape index (κ3) is 2.27. The van der Waals surface area contributed by atoms with Crippen LogP contribution in [-0.4, -0.2) is 9.78 Å². The van der Waals surface area contributed by atoms with Crippen molar-refractivity contribution < 1.29 is 28.5 Å². The topological polar surface area (TPSA) is 21.7 Å². The zero-order valence-corrected chi connectivity index (χ0v) is 9.42. The highest BCUT2D eigenvalue weighted by molar-refractivity contribution is 5.20. The summed E-state index contributed by atoms with van der Waals surface area (Å²) < 4.78 is 3.74. The van der Waals surface area contributed by atoms with Crippen LogP contribution < -0.4 is 28.5 Å². The van der Waals surface area contributed by atoms with E-state index in [0.717, 1.165) is 5.69 Å². The van der Waals surface area contributed by atoms with Gasteiger partial charge in [0.05, 0.1) is 7.05 Å². The molecule has 68 valence electrons. The van der Waals surface area contributed by atoms with Crippen molar-refractivity contribution in [2.24, 2.45) is 7.05 Å². The number of nitrogens with zero attached hydrogens (tertiary/aromatic N) is 3. The van der Waals surface area contributed by atoms with E-state index in [1.165, 1.54) is 0 Å². The maximum atomic E-state index is 4.07. The summed E-state index contributed by atoms with van der Waals surface area (Å²) in [5.41, 5.74) is 1.13. The molecular weight excluding hydrogens is 277 g/mol. The molecule has 0 aliphatic carbocycles. The number of aryl methyl sites for hydroxylation is 1. The molecule has 0 unspecified atom stereocenters. The van der Waals surface area contributed by atoms with Crippen molar-refractivity contribution in [1.82, 2.24) is 9.78 Å². The van der Waals surface area contributed by atoms with Gasteiger partial charge in [-0.05, 0) is 12.1 Å². The largest absolute Gasteiger partial charge is 1.00 e. The lowest BCUT2D eigenvalue weighted by Crippen LogP contribution is -3.00. The van der Waals surface area contributed by atoms with Gasteiger partial charge in [0.15, 0.2) is 0 Å². The maximum Gasteiger partial charge on any atom is 0.270 e. The van der Waals surface area contributed by atoms with Crippen LogP contribution in [0.15, 0.2) is 43.0 Å². The minimum absolute atomic E-state index is 0. The zero-order valence-electron chi connectivity index (χ0n) is 7.26. The summed E-state index contributed by atoms with van der Waals surface area (Å²) in [5.74, 6) is 0. The molecule has 1 aromatic carbocycles. The molecule has 4 heteroatoms. The number of para-hydroxylation sites is 1. The molecule has 0 saturated heterocycles. The Balaban J connectivity index is 0.000000845. The highest BCUT2D eigenvalue weighted by Crippen LogP contribution is 1.95. The van der Waals surface area contributed by atoms with Crippen LogP contribution in [0.1, 0.15) is 0 Å². The van der Waals surface area contributed by atoms with E-state index in [2.05, 4.69) is 5.10 Å². The van der Waals surface area contributed by atoms with Crippen molar-refractivity contribution in [3.8, 4) is 5.69 Å². The van der Waals surface area contributed by atoms with E-state index in [1.807, 2.05) is 48.3 Å². The second-order valence-electron chi connectivity index (χ2n) is 2.66. The van der Waals surface area contributed by atoms with Gasteiger partial charge >= 0.3 is 0 Å². The van der Waals surface area contributed by atoms with Crippen LogP contribution >= 0.6 is 0 Å². The summed E-state index contributed by atoms with van der Waals surface area (Å²) in [6.45, 7) is 0. The minimum atomic E-state index is 0. The quantitative estimate of drug-likeness (QED) is 0.427. The molecule has 13 heavy (non-hydrogen) atoms. The predicted molar refractivity (Wildman–Crippen MR) is 44.7 cm³/mol. The van der Waals surface area contributed by atoms with E-state index in [1.54, 1.807) is 11.0 Å². The average Bonchev–Trinajstić information content (AvgIpc) is 2.54. The standard InChI is InChI=1S/C9H10N3.HI/c1-11-8-12(7-10-11)9-5-3-2-4-6-9;/h2-8H,1H3;1H/q+1;/p-1. The van der Waals surface area contributed by atoms with Gasteiger partial charge < -0.3 is 24.0 Å². The number of hydrogen-bond acceptors (Lipinski definition) is 1. The molecule has 0 atom stereocenters. The van der Waals surface area contributed by atoms with Gasteiger partial charge in [-0.2, -0.15) is 0 Å². The molecule has 0 fully saturated rings. The van der Waals surface area contributed by atoms with Gasteiger partial charge in [-0.1, -0.05) is 18.2 Å². The Bertz CT molecular complexity index is 369. The van der Waals surface area contributed by atoms with Gasteiger partial charge in [-0.15, -0.1) is 4.68 Å². The molecule has 3 nitrogen and oxygen atoms in total. The smallest absolute Gasteiger partial charge is 0.270 e. The Morgan fingerprint density at radius 3 is 2.46 bits per heavy atom. The number of halogens is 1. The Morgan fingerprint density at radius 2 is 1.92 bits per heavy atom. The van der Waals surface area contributed by atoms with Crippen LogP contribution in [0.5, 0.6) is 0 Å². The fourth-order valence-corrected chi connectivity index (χ4v) is 1.11. The molecule has 0 radical (unpaired) electrons. The number of rotatable bonds is 1. The lowest BCUT2D eigenvalue weighted by atomic mass is 10.3. The van der Waals surface area contributed by atoms with Crippen LogP contribution in [0.4, 0.5) is 0 Å². The molecule has 2 aromatic rings. The summed E-state index contributed by atoms with van der Waals surface area (Å²) in [7, 11) is 1.90. The summed E-state index contributed by atoms with van der Waals surface area (Å²) in [6.07, 6.45) is 3.71. The van der Waals surface area contributed by atoms with E-state index < -0.39 is 0 Å². The molecule has 0 bridgehead atoms. The van der Waals surface area contributed by atoms with Crippen LogP contribution in [0.2, 0.25) is 0 Å². The molecule has 2 rings (SSSR count). The summed E-state index contributed by atoms with van der Waals surface area (Å²) in [6, 6.07) is 10.1. The highest BCUT2D eigenvalue weighted by Gasteiger charge is 2.01. The molecule has 0 spiro atoms. The van der Waals surface area contributed by atoms with Crippen molar-refractivity contribution in [1.29, 1.82) is 0 Å². The summed E-state index contributed by atoms with van der Waals surface area (Å²) >= 11 is 0. The van der Waals surface area contributed by atoms with Gasteiger partial charge in [0.2, 0.25) is 6.33 Å². The van der Waals surface area contributed by atoms with E-state index in [-0.39, 0.29) is 24.0 Å². The molecule has 1 aromatic heterocycles. The molecule has 0 amide bonds. The Labute approximate surface area is 94.0 Å². The Hall–Kier alpha value is -0.910. The van der Waals surface area contributed by atoms with E-state index in [4.69, 9.17) is 0 Å². The van der Waals surface area contributed by atoms with Gasteiger partial charge in [-0.3, -0.25) is 0 Å². The zero-order chi connectivity index (χ0) is 8.39. The highest BCUT2D eigenvalue weighted by atomic mass is 127. The van der Waals surface area contributed by atoms with Crippen LogP contribution in [0, 0.1) is 0 Å². The van der Waals surface area contributed by atoms with Crippen molar-refractivity contribution in [2.45, 2.75) is 0 Å². The molecule has 0 N–H and O–H groups in total. The fourth-order valence-electron chi connectivity index (χ4n) is 1.11. The molecule has 0 aliphatic rings. The fraction of sp³-hybridized carbons (Fsp3) is 0.111. The van der Waals surface area contributed by atoms with Gasteiger partial charge in [0.1, 0.15) is 5.69 Å². The normalized spacial score (nSPS) is 9.31. The monoisotopic (exact) mass is 287 g/mol. The summed E-state index contributed by atoms with van der Waals surface area (Å²) in [4.78, 5) is 0.